The second kappa shape index (κ2) is 5.45. The zero-order chi connectivity index (χ0) is 13.9. The Morgan fingerprint density at radius 3 is 2.40 bits per heavy atom. The number of fused-ring (bicyclic) bond motifs is 1. The van der Waals surface area contributed by atoms with Crippen LogP contribution >= 0.6 is 0 Å². The maximum absolute atomic E-state index is 5.38. The van der Waals surface area contributed by atoms with Gasteiger partial charge in [0.2, 0.25) is 0 Å². The van der Waals surface area contributed by atoms with Crippen LogP contribution in [-0.4, -0.2) is 20.8 Å². The molecule has 2 aromatic carbocycles. The summed E-state index contributed by atoms with van der Waals surface area (Å²) >= 11 is 0. The molecule has 0 saturated heterocycles. The third-order valence-electron chi connectivity index (χ3n) is 3.86. The van der Waals surface area contributed by atoms with Crippen molar-refractivity contribution in [3.63, 3.8) is 0 Å². The summed E-state index contributed by atoms with van der Waals surface area (Å²) in [5.41, 5.74) is 3.81. The van der Waals surface area contributed by atoms with E-state index in [2.05, 4.69) is 41.7 Å². The van der Waals surface area contributed by atoms with Gasteiger partial charge in [-0.15, -0.1) is 0 Å². The highest BCUT2D eigenvalue weighted by Crippen LogP contribution is 2.38. The first-order valence-electron chi connectivity index (χ1n) is 6.87. The summed E-state index contributed by atoms with van der Waals surface area (Å²) in [5, 5.41) is 3.46. The van der Waals surface area contributed by atoms with Crippen LogP contribution in [0.3, 0.4) is 0 Å². The van der Waals surface area contributed by atoms with Crippen molar-refractivity contribution in [2.45, 2.75) is 12.3 Å². The molecule has 20 heavy (non-hydrogen) atoms. The number of benzene rings is 2. The molecular weight excluding hydrogens is 250 g/mol. The van der Waals surface area contributed by atoms with Crippen molar-refractivity contribution in [1.82, 2.24) is 0 Å². The summed E-state index contributed by atoms with van der Waals surface area (Å²) < 4.78 is 10.8. The number of hydrogen-bond donors (Lipinski definition) is 1. The molecule has 1 unspecified atom stereocenters. The Bertz CT molecular complexity index is 587. The van der Waals surface area contributed by atoms with Gasteiger partial charge < -0.3 is 14.8 Å². The molecule has 1 heterocycles. The van der Waals surface area contributed by atoms with Gasteiger partial charge >= 0.3 is 0 Å². The van der Waals surface area contributed by atoms with E-state index < -0.39 is 0 Å². The fraction of sp³-hybridized carbons (Fsp3) is 0.294. The standard InChI is InChI=1S/C17H19NO2/c1-19-13-9-12(10-14(11-13)20-2)15-7-8-18-17-6-4-3-5-16(15)17/h3-6,9-11,15,18H,7-8H2,1-2H3. The number of ether oxygens (including phenoxy) is 2. The van der Waals surface area contributed by atoms with E-state index in [1.807, 2.05) is 6.07 Å². The fourth-order valence-electron chi connectivity index (χ4n) is 2.85. The van der Waals surface area contributed by atoms with E-state index in [4.69, 9.17) is 9.47 Å². The number of hydrogen-bond acceptors (Lipinski definition) is 3. The molecule has 3 heteroatoms. The Labute approximate surface area is 119 Å². The molecule has 3 nitrogen and oxygen atoms in total. The highest BCUT2D eigenvalue weighted by atomic mass is 16.5. The molecule has 0 aliphatic carbocycles. The Morgan fingerprint density at radius 2 is 1.70 bits per heavy atom. The zero-order valence-corrected chi connectivity index (χ0v) is 11.8. The number of rotatable bonds is 3. The molecule has 0 amide bonds. The minimum Gasteiger partial charge on any atom is -0.497 e. The Morgan fingerprint density at radius 1 is 1.00 bits per heavy atom. The van der Waals surface area contributed by atoms with E-state index in [0.29, 0.717) is 5.92 Å². The van der Waals surface area contributed by atoms with Crippen LogP contribution in [0.4, 0.5) is 5.69 Å². The maximum Gasteiger partial charge on any atom is 0.122 e. The first-order chi connectivity index (χ1) is 9.81. The lowest BCUT2D eigenvalue weighted by Crippen LogP contribution is -2.17. The Hall–Kier alpha value is -2.16. The molecular formula is C17H19NO2. The van der Waals surface area contributed by atoms with E-state index in [0.717, 1.165) is 24.5 Å². The lowest BCUT2D eigenvalue weighted by atomic mass is 9.85. The smallest absolute Gasteiger partial charge is 0.122 e. The van der Waals surface area contributed by atoms with Crippen LogP contribution in [0.1, 0.15) is 23.5 Å². The van der Waals surface area contributed by atoms with Crippen molar-refractivity contribution in [3.8, 4) is 11.5 Å². The summed E-state index contributed by atoms with van der Waals surface area (Å²) in [6.45, 7) is 0.987. The van der Waals surface area contributed by atoms with Crippen LogP contribution in [0.2, 0.25) is 0 Å². The Balaban J connectivity index is 2.05. The molecule has 0 fully saturated rings. The second-order valence-corrected chi connectivity index (χ2v) is 5.00. The maximum atomic E-state index is 5.38. The summed E-state index contributed by atoms with van der Waals surface area (Å²) in [6, 6.07) is 14.6. The third kappa shape index (κ3) is 2.31. The molecule has 1 aliphatic heterocycles. The molecule has 0 saturated carbocycles. The average molecular weight is 269 g/mol. The predicted molar refractivity (Wildman–Crippen MR) is 80.9 cm³/mol. The molecule has 0 aromatic heterocycles. The molecule has 0 spiro atoms. The van der Waals surface area contributed by atoms with Gasteiger partial charge in [0.1, 0.15) is 11.5 Å². The molecule has 0 bridgehead atoms. The number of para-hydroxylation sites is 1. The van der Waals surface area contributed by atoms with E-state index in [-0.39, 0.29) is 0 Å². The largest absolute Gasteiger partial charge is 0.497 e. The molecule has 1 N–H and O–H groups in total. The van der Waals surface area contributed by atoms with Gasteiger partial charge in [-0.25, -0.2) is 0 Å². The third-order valence-corrected chi connectivity index (χ3v) is 3.86. The minimum atomic E-state index is 0.386. The van der Waals surface area contributed by atoms with Gasteiger partial charge in [0, 0.05) is 24.2 Å². The number of nitrogens with one attached hydrogen (secondary N) is 1. The molecule has 104 valence electrons. The van der Waals surface area contributed by atoms with Crippen LogP contribution in [-0.2, 0) is 0 Å². The molecule has 1 aliphatic rings. The van der Waals surface area contributed by atoms with Crippen LogP contribution in [0.25, 0.3) is 0 Å². The van der Waals surface area contributed by atoms with Gasteiger partial charge in [-0.1, -0.05) is 18.2 Å². The summed E-state index contributed by atoms with van der Waals surface area (Å²) in [6.07, 6.45) is 1.08. The lowest BCUT2D eigenvalue weighted by Gasteiger charge is -2.27. The second-order valence-electron chi connectivity index (χ2n) is 5.00. The van der Waals surface area contributed by atoms with Gasteiger partial charge in [-0.2, -0.15) is 0 Å². The molecule has 1 atom stereocenters. The van der Waals surface area contributed by atoms with Gasteiger partial charge in [0.15, 0.2) is 0 Å². The topological polar surface area (TPSA) is 30.5 Å². The first-order valence-corrected chi connectivity index (χ1v) is 6.87. The predicted octanol–water partition coefficient (Wildman–Crippen LogP) is 3.65. The van der Waals surface area contributed by atoms with Gasteiger partial charge in [-0.3, -0.25) is 0 Å². The minimum absolute atomic E-state index is 0.386. The zero-order valence-electron chi connectivity index (χ0n) is 11.8. The summed E-state index contributed by atoms with van der Waals surface area (Å²) in [4.78, 5) is 0. The van der Waals surface area contributed by atoms with Gasteiger partial charge in [0.25, 0.3) is 0 Å². The van der Waals surface area contributed by atoms with Crippen LogP contribution in [0.5, 0.6) is 11.5 Å². The quantitative estimate of drug-likeness (QED) is 0.922. The van der Waals surface area contributed by atoms with Crippen LogP contribution in [0, 0.1) is 0 Å². The first kappa shape index (κ1) is 12.9. The fourth-order valence-corrected chi connectivity index (χ4v) is 2.85. The van der Waals surface area contributed by atoms with E-state index in [9.17, 15) is 0 Å². The normalized spacial score (nSPS) is 17.0. The number of methoxy groups -OCH3 is 2. The van der Waals surface area contributed by atoms with Crippen LogP contribution in [0.15, 0.2) is 42.5 Å². The van der Waals surface area contributed by atoms with E-state index in [1.54, 1.807) is 14.2 Å². The summed E-state index contributed by atoms with van der Waals surface area (Å²) in [7, 11) is 3.38. The Kier molecular flexibility index (Phi) is 3.50. The van der Waals surface area contributed by atoms with Crippen molar-refractivity contribution in [2.24, 2.45) is 0 Å². The highest BCUT2D eigenvalue weighted by Gasteiger charge is 2.22. The lowest BCUT2D eigenvalue weighted by molar-refractivity contribution is 0.393. The van der Waals surface area contributed by atoms with Crippen molar-refractivity contribution in [2.75, 3.05) is 26.1 Å². The van der Waals surface area contributed by atoms with Crippen molar-refractivity contribution >= 4 is 5.69 Å². The number of anilines is 1. The highest BCUT2D eigenvalue weighted by molar-refractivity contribution is 5.58. The molecule has 3 rings (SSSR count). The van der Waals surface area contributed by atoms with Crippen molar-refractivity contribution in [3.05, 3.63) is 53.6 Å². The van der Waals surface area contributed by atoms with Gasteiger partial charge in [-0.05, 0) is 35.7 Å². The monoisotopic (exact) mass is 269 g/mol. The molecule has 2 aromatic rings. The SMILES string of the molecule is COc1cc(OC)cc(C2CCNc3ccccc32)c1. The summed E-state index contributed by atoms with van der Waals surface area (Å²) in [5.74, 6) is 2.07. The molecule has 0 radical (unpaired) electrons. The van der Waals surface area contributed by atoms with Crippen LogP contribution < -0.4 is 14.8 Å². The van der Waals surface area contributed by atoms with Crippen molar-refractivity contribution in [1.29, 1.82) is 0 Å². The average Bonchev–Trinajstić information content (AvgIpc) is 2.53. The van der Waals surface area contributed by atoms with Gasteiger partial charge in [0.05, 0.1) is 14.2 Å². The van der Waals surface area contributed by atoms with Crippen molar-refractivity contribution < 1.29 is 9.47 Å². The van der Waals surface area contributed by atoms with E-state index in [1.165, 1.54) is 16.8 Å². The van der Waals surface area contributed by atoms with E-state index >= 15 is 0 Å².